The van der Waals surface area contributed by atoms with Gasteiger partial charge in [-0.25, -0.2) is 0 Å². The first-order chi connectivity index (χ1) is 10.2. The monoisotopic (exact) mass is 365 g/mol. The lowest BCUT2D eigenvalue weighted by atomic mass is 10.2. The van der Waals surface area contributed by atoms with Gasteiger partial charge in [0.2, 0.25) is 0 Å². The van der Waals surface area contributed by atoms with E-state index >= 15 is 0 Å². The first kappa shape index (κ1) is 14.7. The van der Waals surface area contributed by atoms with Crippen LogP contribution in [0.25, 0.3) is 10.9 Å². The Balaban J connectivity index is 2.09. The second-order valence-electron chi connectivity index (χ2n) is 5.00. The Labute approximate surface area is 137 Å². The molecule has 3 nitrogen and oxygen atoms in total. The Morgan fingerprint density at radius 3 is 2.76 bits per heavy atom. The van der Waals surface area contributed by atoms with Crippen LogP contribution in [-0.4, -0.2) is 14.3 Å². The lowest BCUT2D eigenvalue weighted by Crippen LogP contribution is -2.07. The summed E-state index contributed by atoms with van der Waals surface area (Å²) in [5.74, 6) is 0. The van der Waals surface area contributed by atoms with Gasteiger partial charge in [0.25, 0.3) is 0 Å². The second-order valence-corrected chi connectivity index (χ2v) is 6.20. The molecule has 3 aromatic rings. The average Bonchev–Trinajstić information content (AvgIpc) is 3.03. The Kier molecular flexibility index (Phi) is 4.09. The number of halogens is 2. The van der Waals surface area contributed by atoms with Gasteiger partial charge < -0.3 is 4.57 Å². The molecule has 3 rings (SSSR count). The van der Waals surface area contributed by atoms with E-state index in [-0.39, 0.29) is 0 Å². The standard InChI is InChI=1S/C16H17BrClN3/c1-3-13-15(17)14(21(4-2)19-13)10-20-9-8-11-6-5-7-12(18)16(11)20/h5-9H,3-4,10H2,1-2H3. The summed E-state index contributed by atoms with van der Waals surface area (Å²) in [6, 6.07) is 8.10. The molecule has 1 aromatic carbocycles. The molecule has 0 radical (unpaired) electrons. The third-order valence-electron chi connectivity index (χ3n) is 3.75. The summed E-state index contributed by atoms with van der Waals surface area (Å²) in [7, 11) is 0. The number of nitrogens with zero attached hydrogens (tertiary/aromatic N) is 3. The van der Waals surface area contributed by atoms with Gasteiger partial charge in [-0.2, -0.15) is 5.10 Å². The summed E-state index contributed by atoms with van der Waals surface area (Å²) in [5, 5.41) is 6.60. The highest BCUT2D eigenvalue weighted by molar-refractivity contribution is 9.10. The van der Waals surface area contributed by atoms with Gasteiger partial charge in [-0.05, 0) is 41.4 Å². The average molecular weight is 367 g/mol. The first-order valence-electron chi connectivity index (χ1n) is 7.13. The number of rotatable bonds is 4. The van der Waals surface area contributed by atoms with Crippen molar-refractivity contribution < 1.29 is 0 Å². The maximum Gasteiger partial charge on any atom is 0.0767 e. The molecule has 0 aliphatic heterocycles. The molecule has 0 aliphatic rings. The molecule has 0 atom stereocenters. The number of fused-ring (bicyclic) bond motifs is 1. The minimum Gasteiger partial charge on any atom is -0.340 e. The van der Waals surface area contributed by atoms with Crippen molar-refractivity contribution in [2.24, 2.45) is 0 Å². The topological polar surface area (TPSA) is 22.8 Å². The summed E-state index contributed by atoms with van der Waals surface area (Å²) in [6.07, 6.45) is 3.01. The molecular formula is C16H17BrClN3. The van der Waals surface area contributed by atoms with Crippen LogP contribution in [0.5, 0.6) is 0 Å². The maximum absolute atomic E-state index is 6.36. The first-order valence-corrected chi connectivity index (χ1v) is 8.30. The number of benzene rings is 1. The van der Waals surface area contributed by atoms with Crippen molar-refractivity contribution in [3.63, 3.8) is 0 Å². The van der Waals surface area contributed by atoms with E-state index in [0.29, 0.717) is 0 Å². The minimum absolute atomic E-state index is 0.759. The SMILES string of the molecule is CCc1nn(CC)c(Cn2ccc3cccc(Cl)c32)c1Br. The third kappa shape index (κ3) is 2.51. The lowest BCUT2D eigenvalue weighted by molar-refractivity contribution is 0.598. The van der Waals surface area contributed by atoms with E-state index in [1.54, 1.807) is 0 Å². The largest absolute Gasteiger partial charge is 0.340 e. The summed E-state index contributed by atoms with van der Waals surface area (Å²) < 4.78 is 5.36. The van der Waals surface area contributed by atoms with Crippen LogP contribution in [-0.2, 0) is 19.5 Å². The molecule has 0 amide bonds. The van der Waals surface area contributed by atoms with Crippen molar-refractivity contribution in [2.45, 2.75) is 33.4 Å². The Morgan fingerprint density at radius 1 is 1.24 bits per heavy atom. The van der Waals surface area contributed by atoms with Gasteiger partial charge >= 0.3 is 0 Å². The van der Waals surface area contributed by atoms with Gasteiger partial charge in [0.1, 0.15) is 0 Å². The summed E-state index contributed by atoms with van der Waals surface area (Å²) >= 11 is 10.1. The Bertz CT molecular complexity index is 788. The number of aromatic nitrogens is 3. The zero-order valence-corrected chi connectivity index (χ0v) is 14.4. The zero-order chi connectivity index (χ0) is 15.0. The van der Waals surface area contributed by atoms with E-state index in [9.17, 15) is 0 Å². The smallest absolute Gasteiger partial charge is 0.0767 e. The molecule has 0 saturated heterocycles. The van der Waals surface area contributed by atoms with E-state index < -0.39 is 0 Å². The number of aryl methyl sites for hydroxylation is 2. The van der Waals surface area contributed by atoms with Gasteiger partial charge in [-0.3, -0.25) is 4.68 Å². The molecule has 0 saturated carbocycles. The van der Waals surface area contributed by atoms with E-state index in [1.165, 1.54) is 5.69 Å². The van der Waals surface area contributed by atoms with E-state index in [4.69, 9.17) is 11.6 Å². The Morgan fingerprint density at radius 2 is 2.05 bits per heavy atom. The predicted octanol–water partition coefficient (Wildman–Crippen LogP) is 4.88. The molecule has 0 aliphatic carbocycles. The molecule has 0 N–H and O–H groups in total. The van der Waals surface area contributed by atoms with Crippen LogP contribution in [0.2, 0.25) is 5.02 Å². The summed E-state index contributed by atoms with van der Waals surface area (Å²) in [6.45, 7) is 5.86. The van der Waals surface area contributed by atoms with Crippen molar-refractivity contribution in [2.75, 3.05) is 0 Å². The summed E-state index contributed by atoms with van der Waals surface area (Å²) in [4.78, 5) is 0. The van der Waals surface area contributed by atoms with Crippen molar-refractivity contribution in [1.29, 1.82) is 0 Å². The quantitative estimate of drug-likeness (QED) is 0.645. The highest BCUT2D eigenvalue weighted by Gasteiger charge is 2.15. The van der Waals surface area contributed by atoms with E-state index in [2.05, 4.69) is 62.5 Å². The molecule has 110 valence electrons. The minimum atomic E-state index is 0.759. The highest BCUT2D eigenvalue weighted by atomic mass is 79.9. The van der Waals surface area contributed by atoms with Gasteiger partial charge in [-0.15, -0.1) is 0 Å². The molecule has 2 heterocycles. The van der Waals surface area contributed by atoms with Crippen molar-refractivity contribution in [3.05, 3.63) is 51.3 Å². The van der Waals surface area contributed by atoms with Gasteiger partial charge in [0.15, 0.2) is 0 Å². The normalized spacial score (nSPS) is 11.4. The van der Waals surface area contributed by atoms with E-state index in [1.807, 2.05) is 12.1 Å². The zero-order valence-electron chi connectivity index (χ0n) is 12.1. The Hall–Kier alpha value is -1.26. The van der Waals surface area contributed by atoms with Crippen LogP contribution < -0.4 is 0 Å². The van der Waals surface area contributed by atoms with Gasteiger partial charge in [0, 0.05) is 18.1 Å². The van der Waals surface area contributed by atoms with Crippen LogP contribution in [0, 0.1) is 0 Å². The van der Waals surface area contributed by atoms with Crippen LogP contribution >= 0.6 is 27.5 Å². The highest BCUT2D eigenvalue weighted by Crippen LogP contribution is 2.28. The predicted molar refractivity (Wildman–Crippen MR) is 91.0 cm³/mol. The molecule has 5 heteroatoms. The van der Waals surface area contributed by atoms with Crippen LogP contribution in [0.15, 0.2) is 34.9 Å². The molecule has 2 aromatic heterocycles. The van der Waals surface area contributed by atoms with Crippen LogP contribution in [0.1, 0.15) is 25.2 Å². The number of para-hydroxylation sites is 1. The lowest BCUT2D eigenvalue weighted by Gasteiger charge is -2.09. The van der Waals surface area contributed by atoms with E-state index in [0.717, 1.165) is 45.6 Å². The van der Waals surface area contributed by atoms with Gasteiger partial charge in [-0.1, -0.05) is 30.7 Å². The molecule has 0 bridgehead atoms. The fourth-order valence-corrected chi connectivity index (χ4v) is 3.66. The van der Waals surface area contributed by atoms with Crippen LogP contribution in [0.3, 0.4) is 0 Å². The fraction of sp³-hybridized carbons (Fsp3) is 0.312. The second kappa shape index (κ2) is 5.85. The molecule has 21 heavy (non-hydrogen) atoms. The van der Waals surface area contributed by atoms with Gasteiger partial charge in [0.05, 0.1) is 32.9 Å². The number of hydrogen-bond acceptors (Lipinski definition) is 1. The van der Waals surface area contributed by atoms with Crippen LogP contribution in [0.4, 0.5) is 0 Å². The fourth-order valence-electron chi connectivity index (χ4n) is 2.68. The molecule has 0 fully saturated rings. The number of hydrogen-bond donors (Lipinski definition) is 0. The molecule has 0 spiro atoms. The molecular weight excluding hydrogens is 350 g/mol. The maximum atomic E-state index is 6.36. The van der Waals surface area contributed by atoms with Crippen molar-refractivity contribution >= 4 is 38.4 Å². The third-order valence-corrected chi connectivity index (χ3v) is 4.97. The summed E-state index contributed by atoms with van der Waals surface area (Å²) in [5.41, 5.74) is 3.37. The van der Waals surface area contributed by atoms with Crippen molar-refractivity contribution in [1.82, 2.24) is 14.3 Å². The van der Waals surface area contributed by atoms with Crippen molar-refractivity contribution in [3.8, 4) is 0 Å². The molecule has 0 unspecified atom stereocenters.